The lowest BCUT2D eigenvalue weighted by Gasteiger charge is -2.65. The molecular weight excluding hydrogens is 386 g/mol. The summed E-state index contributed by atoms with van der Waals surface area (Å²) >= 11 is 0. The molecule has 2 N–H and O–H groups in total. The van der Waals surface area contributed by atoms with Crippen molar-refractivity contribution < 1.29 is 14.3 Å². The SMILES string of the molecule is CC(=O)C1CCC2C3CC[C@@]4(C)C[C@H](OC(=O)C(N)C(C)C)CCC4(C)C3CCC12C. The molecule has 0 aliphatic heterocycles. The van der Waals surface area contributed by atoms with Gasteiger partial charge in [0.05, 0.1) is 0 Å². The second kappa shape index (κ2) is 7.85. The van der Waals surface area contributed by atoms with Crippen LogP contribution in [-0.2, 0) is 14.3 Å². The topological polar surface area (TPSA) is 69.4 Å². The summed E-state index contributed by atoms with van der Waals surface area (Å²) in [5.74, 6) is 2.78. The molecule has 0 amide bonds. The molecule has 4 aliphatic carbocycles. The molecule has 4 nitrogen and oxygen atoms in total. The first-order valence-corrected chi connectivity index (χ1v) is 12.9. The first kappa shape index (κ1) is 23.3. The lowest BCUT2D eigenvalue weighted by Crippen LogP contribution is -2.58. The van der Waals surface area contributed by atoms with Crippen LogP contribution in [-0.4, -0.2) is 23.9 Å². The van der Waals surface area contributed by atoms with E-state index in [1.807, 2.05) is 20.8 Å². The Morgan fingerprint density at radius 3 is 2.29 bits per heavy atom. The molecule has 0 spiro atoms. The Morgan fingerprint density at radius 2 is 1.65 bits per heavy atom. The van der Waals surface area contributed by atoms with E-state index < -0.39 is 6.04 Å². The predicted octanol–water partition coefficient (Wildman–Crippen LogP) is 5.52. The maximum atomic E-state index is 12.5. The number of nitrogens with two attached hydrogens (primary N) is 1. The fourth-order valence-corrected chi connectivity index (χ4v) is 8.87. The quantitative estimate of drug-likeness (QED) is 0.595. The van der Waals surface area contributed by atoms with Crippen LogP contribution in [0, 0.1) is 45.8 Å². The second-order valence-corrected chi connectivity index (χ2v) is 12.8. The van der Waals surface area contributed by atoms with E-state index in [1.165, 1.54) is 32.1 Å². The van der Waals surface area contributed by atoms with Gasteiger partial charge in [0, 0.05) is 5.92 Å². The first-order valence-electron chi connectivity index (χ1n) is 12.9. The van der Waals surface area contributed by atoms with E-state index in [2.05, 4.69) is 20.8 Å². The maximum Gasteiger partial charge on any atom is 0.323 e. The van der Waals surface area contributed by atoms with Crippen LogP contribution in [0.15, 0.2) is 0 Å². The highest BCUT2D eigenvalue weighted by atomic mass is 16.5. The normalized spacial score (nSPS) is 47.8. The van der Waals surface area contributed by atoms with Crippen LogP contribution in [0.3, 0.4) is 0 Å². The van der Waals surface area contributed by atoms with Crippen LogP contribution in [0.2, 0.25) is 0 Å². The van der Waals surface area contributed by atoms with Gasteiger partial charge in [-0.1, -0.05) is 34.6 Å². The molecule has 4 aliphatic rings. The summed E-state index contributed by atoms with van der Waals surface area (Å²) in [5, 5.41) is 0. The highest BCUT2D eigenvalue weighted by Gasteiger charge is 2.64. The largest absolute Gasteiger partial charge is 0.461 e. The van der Waals surface area contributed by atoms with Crippen molar-refractivity contribution in [3.8, 4) is 0 Å². The summed E-state index contributed by atoms with van der Waals surface area (Å²) in [5.41, 5.74) is 6.78. The molecule has 0 saturated heterocycles. The summed E-state index contributed by atoms with van der Waals surface area (Å²) in [6.45, 7) is 13.2. The fourth-order valence-electron chi connectivity index (χ4n) is 8.87. The molecule has 31 heavy (non-hydrogen) atoms. The predicted molar refractivity (Wildman–Crippen MR) is 123 cm³/mol. The summed E-state index contributed by atoms with van der Waals surface area (Å²) < 4.78 is 5.93. The van der Waals surface area contributed by atoms with Gasteiger partial charge in [-0.2, -0.15) is 0 Å². The van der Waals surface area contributed by atoms with Crippen LogP contribution in [0.25, 0.3) is 0 Å². The summed E-state index contributed by atoms with van der Waals surface area (Å²) in [7, 11) is 0. The molecule has 0 bridgehead atoms. The Kier molecular flexibility index (Phi) is 5.89. The van der Waals surface area contributed by atoms with Crippen molar-refractivity contribution in [2.75, 3.05) is 0 Å². The zero-order valence-corrected chi connectivity index (χ0v) is 20.7. The Hall–Kier alpha value is -0.900. The van der Waals surface area contributed by atoms with Gasteiger partial charge in [0.2, 0.25) is 0 Å². The summed E-state index contributed by atoms with van der Waals surface area (Å²) in [4.78, 5) is 24.9. The van der Waals surface area contributed by atoms with Crippen LogP contribution < -0.4 is 5.73 Å². The number of ether oxygens (including phenoxy) is 1. The maximum absolute atomic E-state index is 12.5. The third-order valence-corrected chi connectivity index (χ3v) is 11.1. The number of carbonyl (C=O) groups is 2. The van der Waals surface area contributed by atoms with E-state index in [0.29, 0.717) is 17.1 Å². The first-order chi connectivity index (χ1) is 14.4. The van der Waals surface area contributed by atoms with Crippen LogP contribution >= 0.6 is 0 Å². The number of Topliss-reactive ketones (excluding diaryl/α,β-unsaturated/α-hetero) is 1. The molecule has 4 heteroatoms. The molecule has 0 aromatic heterocycles. The number of ketones is 1. The fraction of sp³-hybridized carbons (Fsp3) is 0.926. The van der Waals surface area contributed by atoms with E-state index in [0.717, 1.165) is 37.5 Å². The molecule has 0 heterocycles. The standard InChI is InChI=1S/C27H45NO3/c1-16(2)23(28)24(30)31-18-9-14-27(6)22-11-13-26(5)20(17(3)29)7-8-21(26)19(22)10-12-25(27,4)15-18/h16,18-23H,7-15,28H2,1-6H3/t18-,19?,20?,21?,22?,23?,25+,26?,27?/m1/s1. The average Bonchev–Trinajstić information content (AvgIpc) is 3.05. The van der Waals surface area contributed by atoms with E-state index in [4.69, 9.17) is 10.5 Å². The van der Waals surface area contributed by atoms with E-state index in [-0.39, 0.29) is 34.7 Å². The smallest absolute Gasteiger partial charge is 0.323 e. The number of hydrogen-bond donors (Lipinski definition) is 1. The number of esters is 1. The summed E-state index contributed by atoms with van der Waals surface area (Å²) in [6.07, 6.45) is 10.4. The minimum absolute atomic E-state index is 0.00866. The molecule has 4 saturated carbocycles. The van der Waals surface area contributed by atoms with Crippen LogP contribution in [0.1, 0.15) is 99.3 Å². The van der Waals surface area contributed by atoms with Crippen molar-refractivity contribution in [3.05, 3.63) is 0 Å². The van der Waals surface area contributed by atoms with Gasteiger partial charge in [0.15, 0.2) is 0 Å². The van der Waals surface area contributed by atoms with Gasteiger partial charge < -0.3 is 10.5 Å². The third-order valence-electron chi connectivity index (χ3n) is 11.1. The van der Waals surface area contributed by atoms with Crippen molar-refractivity contribution in [1.29, 1.82) is 0 Å². The Bertz CT molecular complexity index is 734. The van der Waals surface area contributed by atoms with Gasteiger partial charge in [-0.15, -0.1) is 0 Å². The van der Waals surface area contributed by atoms with E-state index in [9.17, 15) is 9.59 Å². The summed E-state index contributed by atoms with van der Waals surface area (Å²) in [6, 6.07) is -0.524. The minimum Gasteiger partial charge on any atom is -0.461 e. The van der Waals surface area contributed by atoms with Crippen molar-refractivity contribution in [2.24, 2.45) is 51.6 Å². The molecule has 4 fully saturated rings. The van der Waals surface area contributed by atoms with Gasteiger partial charge in [0.25, 0.3) is 0 Å². The lowest BCUT2D eigenvalue weighted by molar-refractivity contribution is -0.185. The molecule has 4 rings (SSSR count). The number of fused-ring (bicyclic) bond motifs is 5. The van der Waals surface area contributed by atoms with Gasteiger partial charge in [-0.3, -0.25) is 9.59 Å². The van der Waals surface area contributed by atoms with Gasteiger partial charge in [-0.05, 0) is 105 Å². The van der Waals surface area contributed by atoms with Gasteiger partial charge in [0.1, 0.15) is 17.9 Å². The number of rotatable bonds is 4. The molecule has 176 valence electrons. The van der Waals surface area contributed by atoms with Crippen LogP contribution in [0.4, 0.5) is 0 Å². The molecule has 0 radical (unpaired) electrons. The lowest BCUT2D eigenvalue weighted by atomic mass is 9.40. The molecule has 7 unspecified atom stereocenters. The molecule has 0 aromatic rings. The van der Waals surface area contributed by atoms with Crippen molar-refractivity contribution >= 4 is 11.8 Å². The van der Waals surface area contributed by atoms with E-state index >= 15 is 0 Å². The second-order valence-electron chi connectivity index (χ2n) is 12.8. The number of carbonyl (C=O) groups excluding carboxylic acids is 2. The Labute approximate surface area is 189 Å². The zero-order chi connectivity index (χ0) is 22.8. The highest BCUT2D eigenvalue weighted by Crippen LogP contribution is 2.70. The Balaban J connectivity index is 1.50. The monoisotopic (exact) mass is 431 g/mol. The van der Waals surface area contributed by atoms with Crippen LogP contribution in [0.5, 0.6) is 0 Å². The Morgan fingerprint density at radius 1 is 0.935 bits per heavy atom. The molecule has 9 atom stereocenters. The average molecular weight is 432 g/mol. The van der Waals surface area contributed by atoms with Crippen molar-refractivity contribution in [3.63, 3.8) is 0 Å². The number of hydrogen-bond acceptors (Lipinski definition) is 4. The van der Waals surface area contributed by atoms with E-state index in [1.54, 1.807) is 0 Å². The van der Waals surface area contributed by atoms with Gasteiger partial charge >= 0.3 is 5.97 Å². The third kappa shape index (κ3) is 3.50. The zero-order valence-electron chi connectivity index (χ0n) is 20.7. The van der Waals surface area contributed by atoms with Gasteiger partial charge in [-0.25, -0.2) is 0 Å². The highest BCUT2D eigenvalue weighted by molar-refractivity contribution is 5.79. The molecular formula is C27H45NO3. The minimum atomic E-state index is -0.524. The van der Waals surface area contributed by atoms with Crippen molar-refractivity contribution in [1.82, 2.24) is 0 Å². The van der Waals surface area contributed by atoms with Crippen molar-refractivity contribution in [2.45, 2.75) is 111 Å². The molecule has 0 aromatic carbocycles.